The molecule has 2 aromatic rings. The Kier molecular flexibility index (Phi) is 4.88. The van der Waals surface area contributed by atoms with Gasteiger partial charge in [0.25, 0.3) is 10.0 Å². The van der Waals surface area contributed by atoms with Crippen molar-refractivity contribution in [3.8, 4) is 0 Å². The van der Waals surface area contributed by atoms with Gasteiger partial charge < -0.3 is 5.32 Å². The molecular formula is C15H17ClN2O2S. The van der Waals surface area contributed by atoms with Crippen LogP contribution in [0.15, 0.2) is 47.4 Å². The van der Waals surface area contributed by atoms with Crippen LogP contribution in [-0.2, 0) is 16.6 Å². The van der Waals surface area contributed by atoms with Gasteiger partial charge in [0.15, 0.2) is 0 Å². The highest BCUT2D eigenvalue weighted by molar-refractivity contribution is 7.92. The summed E-state index contributed by atoms with van der Waals surface area (Å²) in [5.74, 6) is 0. The van der Waals surface area contributed by atoms with E-state index >= 15 is 0 Å². The maximum atomic E-state index is 12.5. The number of benzene rings is 2. The number of aryl methyl sites for hydroxylation is 1. The summed E-state index contributed by atoms with van der Waals surface area (Å²) in [6.07, 6.45) is 0. The minimum atomic E-state index is -3.71. The van der Waals surface area contributed by atoms with E-state index in [-0.39, 0.29) is 9.92 Å². The first-order valence-electron chi connectivity index (χ1n) is 6.45. The monoisotopic (exact) mass is 324 g/mol. The lowest BCUT2D eigenvalue weighted by Gasteiger charge is -2.11. The first-order chi connectivity index (χ1) is 9.92. The van der Waals surface area contributed by atoms with Crippen molar-refractivity contribution in [3.05, 3.63) is 58.6 Å². The first kappa shape index (κ1) is 15.8. The van der Waals surface area contributed by atoms with Crippen LogP contribution in [0.25, 0.3) is 0 Å². The predicted molar refractivity (Wildman–Crippen MR) is 86.2 cm³/mol. The van der Waals surface area contributed by atoms with Crippen molar-refractivity contribution < 1.29 is 8.42 Å². The molecule has 2 rings (SSSR count). The number of sulfonamides is 1. The standard InChI is InChI=1S/C15H17ClN2O2S/c1-11-4-3-5-13(8-11)18-21(19,20)15-9-12(10-17-2)6-7-14(15)16/h3-9,17-18H,10H2,1-2H3. The van der Waals surface area contributed by atoms with Crippen LogP contribution in [0, 0.1) is 6.92 Å². The van der Waals surface area contributed by atoms with Crippen LogP contribution in [0.1, 0.15) is 11.1 Å². The molecule has 0 aliphatic heterocycles. The summed E-state index contributed by atoms with van der Waals surface area (Å²) >= 11 is 6.04. The third kappa shape index (κ3) is 3.97. The molecule has 0 aliphatic rings. The van der Waals surface area contributed by atoms with E-state index in [1.54, 1.807) is 43.4 Å². The summed E-state index contributed by atoms with van der Waals surface area (Å²) in [4.78, 5) is 0.0819. The lowest BCUT2D eigenvalue weighted by molar-refractivity contribution is 0.601. The molecule has 21 heavy (non-hydrogen) atoms. The molecule has 0 saturated heterocycles. The smallest absolute Gasteiger partial charge is 0.263 e. The van der Waals surface area contributed by atoms with E-state index in [1.807, 2.05) is 13.0 Å². The second-order valence-electron chi connectivity index (χ2n) is 4.77. The summed E-state index contributed by atoms with van der Waals surface area (Å²) < 4.78 is 27.5. The molecule has 4 nitrogen and oxygen atoms in total. The predicted octanol–water partition coefficient (Wildman–Crippen LogP) is 3.17. The molecule has 112 valence electrons. The molecule has 0 unspecified atom stereocenters. The van der Waals surface area contributed by atoms with Crippen LogP contribution in [0.3, 0.4) is 0 Å². The Morgan fingerprint density at radius 1 is 1.14 bits per heavy atom. The number of hydrogen-bond donors (Lipinski definition) is 2. The minimum absolute atomic E-state index is 0.0819. The normalized spacial score (nSPS) is 11.4. The summed E-state index contributed by atoms with van der Waals surface area (Å²) in [6, 6.07) is 12.1. The highest BCUT2D eigenvalue weighted by Crippen LogP contribution is 2.25. The van der Waals surface area contributed by atoms with Gasteiger partial charge in [-0.2, -0.15) is 0 Å². The van der Waals surface area contributed by atoms with Crippen molar-refractivity contribution in [2.45, 2.75) is 18.4 Å². The number of halogens is 1. The van der Waals surface area contributed by atoms with Gasteiger partial charge >= 0.3 is 0 Å². The lowest BCUT2D eigenvalue weighted by Crippen LogP contribution is -2.14. The van der Waals surface area contributed by atoms with Gasteiger partial charge in [0, 0.05) is 12.2 Å². The van der Waals surface area contributed by atoms with Crippen molar-refractivity contribution in [2.24, 2.45) is 0 Å². The zero-order valence-corrected chi connectivity index (χ0v) is 13.4. The van der Waals surface area contributed by atoms with E-state index in [9.17, 15) is 8.42 Å². The topological polar surface area (TPSA) is 58.2 Å². The largest absolute Gasteiger partial charge is 0.316 e. The van der Waals surface area contributed by atoms with Crippen molar-refractivity contribution >= 4 is 27.3 Å². The Hall–Kier alpha value is -1.56. The lowest BCUT2D eigenvalue weighted by atomic mass is 10.2. The van der Waals surface area contributed by atoms with E-state index < -0.39 is 10.0 Å². The van der Waals surface area contributed by atoms with E-state index in [2.05, 4.69) is 10.0 Å². The molecule has 2 aromatic carbocycles. The molecule has 0 aliphatic carbocycles. The van der Waals surface area contributed by atoms with Crippen LogP contribution in [0.2, 0.25) is 5.02 Å². The van der Waals surface area contributed by atoms with Gasteiger partial charge in [-0.1, -0.05) is 29.8 Å². The zero-order chi connectivity index (χ0) is 15.5. The van der Waals surface area contributed by atoms with Gasteiger partial charge in [0.05, 0.1) is 5.02 Å². The average molecular weight is 325 g/mol. The van der Waals surface area contributed by atoms with Crippen LogP contribution in [0.5, 0.6) is 0 Å². The van der Waals surface area contributed by atoms with Crippen LogP contribution >= 0.6 is 11.6 Å². The molecule has 2 N–H and O–H groups in total. The Bertz CT molecular complexity index is 745. The highest BCUT2D eigenvalue weighted by Gasteiger charge is 2.18. The molecule has 6 heteroatoms. The number of anilines is 1. The van der Waals surface area contributed by atoms with Gasteiger partial charge in [0.1, 0.15) is 4.90 Å². The molecular weight excluding hydrogens is 308 g/mol. The molecule has 0 saturated carbocycles. The van der Waals surface area contributed by atoms with Gasteiger partial charge in [-0.15, -0.1) is 0 Å². The maximum Gasteiger partial charge on any atom is 0.263 e. The second kappa shape index (κ2) is 6.47. The second-order valence-corrected chi connectivity index (χ2v) is 6.83. The summed E-state index contributed by atoms with van der Waals surface area (Å²) in [5, 5.41) is 3.18. The zero-order valence-electron chi connectivity index (χ0n) is 11.9. The highest BCUT2D eigenvalue weighted by atomic mass is 35.5. The molecule has 0 bridgehead atoms. The van der Waals surface area contributed by atoms with Crippen molar-refractivity contribution in [2.75, 3.05) is 11.8 Å². The maximum absolute atomic E-state index is 12.5. The summed E-state index contributed by atoms with van der Waals surface area (Å²) in [7, 11) is -1.91. The van der Waals surface area contributed by atoms with Gasteiger partial charge in [-0.3, -0.25) is 4.72 Å². The first-order valence-corrected chi connectivity index (χ1v) is 8.31. The van der Waals surface area contributed by atoms with Crippen molar-refractivity contribution in [1.82, 2.24) is 5.32 Å². The van der Waals surface area contributed by atoms with Gasteiger partial charge in [0.2, 0.25) is 0 Å². The Labute approximate surface area is 130 Å². The Balaban J connectivity index is 2.37. The van der Waals surface area contributed by atoms with E-state index in [0.29, 0.717) is 12.2 Å². The van der Waals surface area contributed by atoms with E-state index in [1.165, 1.54) is 0 Å². The molecule has 0 aromatic heterocycles. The van der Waals surface area contributed by atoms with Crippen LogP contribution in [-0.4, -0.2) is 15.5 Å². The summed E-state index contributed by atoms with van der Waals surface area (Å²) in [5.41, 5.74) is 2.35. The minimum Gasteiger partial charge on any atom is -0.316 e. The van der Waals surface area contributed by atoms with Crippen molar-refractivity contribution in [1.29, 1.82) is 0 Å². The number of rotatable bonds is 5. The molecule has 0 fully saturated rings. The average Bonchev–Trinajstić information content (AvgIpc) is 2.40. The van der Waals surface area contributed by atoms with Gasteiger partial charge in [-0.05, 0) is 49.4 Å². The number of hydrogen-bond acceptors (Lipinski definition) is 3. The third-order valence-electron chi connectivity index (χ3n) is 2.94. The molecule has 0 atom stereocenters. The molecule has 0 heterocycles. The van der Waals surface area contributed by atoms with E-state index in [0.717, 1.165) is 11.1 Å². The fourth-order valence-electron chi connectivity index (χ4n) is 1.99. The van der Waals surface area contributed by atoms with E-state index in [4.69, 9.17) is 11.6 Å². The third-order valence-corrected chi connectivity index (χ3v) is 4.80. The molecule has 0 amide bonds. The fourth-order valence-corrected chi connectivity index (χ4v) is 3.59. The fraction of sp³-hybridized carbons (Fsp3) is 0.200. The Morgan fingerprint density at radius 2 is 1.90 bits per heavy atom. The van der Waals surface area contributed by atoms with Crippen LogP contribution < -0.4 is 10.0 Å². The number of nitrogens with one attached hydrogen (secondary N) is 2. The Morgan fingerprint density at radius 3 is 2.57 bits per heavy atom. The SMILES string of the molecule is CNCc1ccc(Cl)c(S(=O)(=O)Nc2cccc(C)c2)c1. The quantitative estimate of drug-likeness (QED) is 0.888. The molecule has 0 radical (unpaired) electrons. The molecule has 0 spiro atoms. The van der Waals surface area contributed by atoms with Gasteiger partial charge in [-0.25, -0.2) is 8.42 Å². The van der Waals surface area contributed by atoms with Crippen LogP contribution in [0.4, 0.5) is 5.69 Å². The van der Waals surface area contributed by atoms with Crippen molar-refractivity contribution in [3.63, 3.8) is 0 Å². The summed E-state index contributed by atoms with van der Waals surface area (Å²) in [6.45, 7) is 2.47.